The first kappa shape index (κ1) is 12.2. The van der Waals surface area contributed by atoms with Gasteiger partial charge in [-0.2, -0.15) is 0 Å². The Morgan fingerprint density at radius 3 is 2.75 bits per heavy atom. The van der Waals surface area contributed by atoms with Gasteiger partial charge in [0.05, 0.1) is 12.5 Å². The number of benzene rings is 1. The van der Waals surface area contributed by atoms with Crippen LogP contribution in [-0.2, 0) is 4.79 Å². The summed E-state index contributed by atoms with van der Waals surface area (Å²) in [6, 6.07) is 6.58. The summed E-state index contributed by atoms with van der Waals surface area (Å²) in [4.78, 5) is 10.6. The number of hydrogen-bond donors (Lipinski definition) is 3. The molecule has 1 amide bonds. The average molecular weight is 219 g/mol. The van der Waals surface area contributed by atoms with Crippen LogP contribution in [0.5, 0.6) is 0 Å². The Kier molecular flexibility index (Phi) is 4.06. The zero-order valence-electron chi connectivity index (χ0n) is 8.63. The van der Waals surface area contributed by atoms with Crippen molar-refractivity contribution in [3.63, 3.8) is 0 Å². The average Bonchev–Trinajstić information content (AvgIpc) is 2.27. The molecule has 0 saturated heterocycles. The van der Waals surface area contributed by atoms with E-state index in [-0.39, 0.29) is 6.42 Å². The Bertz CT molecular complexity index is 423. The highest BCUT2D eigenvalue weighted by Crippen LogP contribution is 2.19. The van der Waals surface area contributed by atoms with Gasteiger partial charge in [0.25, 0.3) is 0 Å². The first-order chi connectivity index (χ1) is 7.54. The summed E-state index contributed by atoms with van der Waals surface area (Å²) in [5.41, 5.74) is 5.98. The molecule has 0 aliphatic carbocycles. The van der Waals surface area contributed by atoms with Gasteiger partial charge in [-0.3, -0.25) is 4.79 Å². The fraction of sp³-hybridized carbons (Fsp3) is 0.250. The summed E-state index contributed by atoms with van der Waals surface area (Å²) in [6.45, 7) is 0. The largest absolute Gasteiger partial charge is 0.390 e. The lowest BCUT2D eigenvalue weighted by atomic mass is 10.0. The van der Waals surface area contributed by atoms with Crippen molar-refractivity contribution in [1.82, 2.24) is 0 Å². The van der Waals surface area contributed by atoms with Crippen LogP contribution in [0.15, 0.2) is 24.3 Å². The van der Waals surface area contributed by atoms with E-state index in [4.69, 9.17) is 12.2 Å². The van der Waals surface area contributed by atoms with Gasteiger partial charge in [-0.25, -0.2) is 0 Å². The topological polar surface area (TPSA) is 83.6 Å². The van der Waals surface area contributed by atoms with Gasteiger partial charge < -0.3 is 15.9 Å². The molecule has 0 heterocycles. The van der Waals surface area contributed by atoms with Gasteiger partial charge >= 0.3 is 0 Å². The van der Waals surface area contributed by atoms with E-state index in [1.54, 1.807) is 24.3 Å². The van der Waals surface area contributed by atoms with Crippen molar-refractivity contribution in [2.75, 3.05) is 0 Å². The molecule has 2 unspecified atom stereocenters. The molecule has 1 aromatic carbocycles. The van der Waals surface area contributed by atoms with E-state index in [2.05, 4.69) is 5.92 Å². The van der Waals surface area contributed by atoms with Gasteiger partial charge in [-0.15, -0.1) is 6.42 Å². The molecule has 0 aliphatic rings. The van der Waals surface area contributed by atoms with Gasteiger partial charge in [-0.1, -0.05) is 18.1 Å². The molecule has 16 heavy (non-hydrogen) atoms. The van der Waals surface area contributed by atoms with Crippen LogP contribution in [0.25, 0.3) is 0 Å². The van der Waals surface area contributed by atoms with E-state index in [9.17, 15) is 15.0 Å². The van der Waals surface area contributed by atoms with Crippen LogP contribution >= 0.6 is 0 Å². The second-order valence-electron chi connectivity index (χ2n) is 3.45. The second kappa shape index (κ2) is 5.31. The highest BCUT2D eigenvalue weighted by molar-refractivity contribution is 5.74. The van der Waals surface area contributed by atoms with Crippen molar-refractivity contribution in [1.29, 1.82) is 0 Å². The Balaban J connectivity index is 2.83. The molecule has 4 heteroatoms. The monoisotopic (exact) mass is 219 g/mol. The molecule has 0 fully saturated rings. The maximum atomic E-state index is 10.6. The van der Waals surface area contributed by atoms with Crippen molar-refractivity contribution in [2.24, 2.45) is 5.73 Å². The Morgan fingerprint density at radius 1 is 1.50 bits per heavy atom. The van der Waals surface area contributed by atoms with Crippen molar-refractivity contribution < 1.29 is 15.0 Å². The number of hydrogen-bond acceptors (Lipinski definition) is 3. The molecule has 0 radical (unpaired) electrons. The van der Waals surface area contributed by atoms with E-state index < -0.39 is 18.1 Å². The Labute approximate surface area is 93.7 Å². The molecule has 4 N–H and O–H groups in total. The number of terminal acetylenes is 1. The second-order valence-corrected chi connectivity index (χ2v) is 3.45. The van der Waals surface area contributed by atoms with Gasteiger partial charge in [-0.05, 0) is 17.7 Å². The van der Waals surface area contributed by atoms with Gasteiger partial charge in [0, 0.05) is 5.56 Å². The Hall–Kier alpha value is -1.83. The molecule has 2 atom stereocenters. The number of primary amides is 1. The van der Waals surface area contributed by atoms with Gasteiger partial charge in [0.15, 0.2) is 0 Å². The number of carbonyl (C=O) groups excluding carboxylic acids is 1. The molecule has 0 aliphatic heterocycles. The predicted molar refractivity (Wildman–Crippen MR) is 59.2 cm³/mol. The quantitative estimate of drug-likeness (QED) is 0.620. The first-order valence-electron chi connectivity index (χ1n) is 4.75. The van der Waals surface area contributed by atoms with Crippen LogP contribution in [0.1, 0.15) is 23.7 Å². The molecule has 1 rings (SSSR count). The summed E-state index contributed by atoms with van der Waals surface area (Å²) in [5, 5.41) is 19.2. The first-order valence-corrected chi connectivity index (χ1v) is 4.75. The van der Waals surface area contributed by atoms with Crippen molar-refractivity contribution in [2.45, 2.75) is 18.6 Å². The SMILES string of the molecule is C#Cc1cccc(C(O)C(O)CC(N)=O)c1. The smallest absolute Gasteiger partial charge is 0.220 e. The standard InChI is InChI=1S/C12H13NO3/c1-2-8-4-3-5-9(6-8)12(16)10(14)7-11(13)15/h1,3-6,10,12,14,16H,7H2,(H2,13,15). The minimum absolute atomic E-state index is 0.290. The third-order valence-corrected chi connectivity index (χ3v) is 2.17. The minimum Gasteiger partial charge on any atom is -0.390 e. The number of nitrogens with two attached hydrogens (primary N) is 1. The van der Waals surface area contributed by atoms with Gasteiger partial charge in [0.1, 0.15) is 6.10 Å². The summed E-state index contributed by atoms with van der Waals surface area (Å²) in [5.74, 6) is 1.75. The van der Waals surface area contributed by atoms with E-state index in [1.807, 2.05) is 0 Å². The van der Waals surface area contributed by atoms with Crippen molar-refractivity contribution >= 4 is 5.91 Å². The van der Waals surface area contributed by atoms with E-state index in [1.165, 1.54) is 0 Å². The highest BCUT2D eigenvalue weighted by Gasteiger charge is 2.20. The maximum absolute atomic E-state index is 10.6. The maximum Gasteiger partial charge on any atom is 0.220 e. The number of aliphatic hydroxyl groups excluding tert-OH is 2. The van der Waals surface area contributed by atoms with Crippen LogP contribution in [0, 0.1) is 12.3 Å². The summed E-state index contributed by atoms with van der Waals surface area (Å²) >= 11 is 0. The fourth-order valence-corrected chi connectivity index (χ4v) is 1.35. The number of carbonyl (C=O) groups is 1. The number of amides is 1. The van der Waals surface area contributed by atoms with E-state index in [0.29, 0.717) is 11.1 Å². The normalized spacial score (nSPS) is 13.8. The lowest BCUT2D eigenvalue weighted by molar-refractivity contribution is -0.121. The molecule has 1 aromatic rings. The molecule has 0 saturated carbocycles. The molecular formula is C12H13NO3. The molecule has 84 valence electrons. The van der Waals surface area contributed by atoms with Crippen molar-refractivity contribution in [3.8, 4) is 12.3 Å². The molecule has 4 nitrogen and oxygen atoms in total. The summed E-state index contributed by atoms with van der Waals surface area (Å²) in [7, 11) is 0. The summed E-state index contributed by atoms with van der Waals surface area (Å²) in [6.07, 6.45) is 2.53. The van der Waals surface area contributed by atoms with Crippen LogP contribution < -0.4 is 5.73 Å². The molecule has 0 bridgehead atoms. The van der Waals surface area contributed by atoms with Crippen LogP contribution in [-0.4, -0.2) is 22.2 Å². The molecule has 0 spiro atoms. The fourth-order valence-electron chi connectivity index (χ4n) is 1.35. The lowest BCUT2D eigenvalue weighted by Crippen LogP contribution is -2.25. The number of rotatable bonds is 4. The highest BCUT2D eigenvalue weighted by atomic mass is 16.3. The van der Waals surface area contributed by atoms with Gasteiger partial charge in [0.2, 0.25) is 5.91 Å². The van der Waals surface area contributed by atoms with Crippen molar-refractivity contribution in [3.05, 3.63) is 35.4 Å². The van der Waals surface area contributed by atoms with Crippen LogP contribution in [0.2, 0.25) is 0 Å². The lowest BCUT2D eigenvalue weighted by Gasteiger charge is -2.16. The van der Waals surface area contributed by atoms with E-state index in [0.717, 1.165) is 0 Å². The van der Waals surface area contributed by atoms with E-state index >= 15 is 0 Å². The third-order valence-electron chi connectivity index (χ3n) is 2.17. The zero-order chi connectivity index (χ0) is 12.1. The van der Waals surface area contributed by atoms with Crippen LogP contribution in [0.3, 0.4) is 0 Å². The van der Waals surface area contributed by atoms with Crippen LogP contribution in [0.4, 0.5) is 0 Å². The molecular weight excluding hydrogens is 206 g/mol. The molecule has 0 aromatic heterocycles. The predicted octanol–water partition coefficient (Wildman–Crippen LogP) is -0.0624. The Morgan fingerprint density at radius 2 is 2.19 bits per heavy atom. The summed E-state index contributed by atoms with van der Waals surface area (Å²) < 4.78 is 0. The zero-order valence-corrected chi connectivity index (χ0v) is 8.63. The minimum atomic E-state index is -1.22. The third kappa shape index (κ3) is 3.09. The number of aliphatic hydroxyl groups is 2.